The Morgan fingerprint density at radius 2 is 1.46 bits per heavy atom. The molecular weight excluding hydrogens is 770 g/mol. The molecule has 1 atom stereocenters. The summed E-state index contributed by atoms with van der Waals surface area (Å²) < 4.78 is 0. The predicted octanol–water partition coefficient (Wildman–Crippen LogP) is 11.5. The fourth-order valence-electron chi connectivity index (χ4n) is 7.19. The number of nitrogens with one attached hydrogen (secondary N) is 2. The zero-order chi connectivity index (χ0) is 41.5. The van der Waals surface area contributed by atoms with Gasteiger partial charge in [0.1, 0.15) is 0 Å². The smallest absolute Gasteiger partial charge is 0.303 e. The van der Waals surface area contributed by atoms with Crippen LogP contribution < -0.4 is 10.6 Å². The van der Waals surface area contributed by atoms with Gasteiger partial charge < -0.3 is 20.8 Å². The monoisotopic (exact) mass is 825 g/mol. The molecule has 0 spiro atoms. The number of rotatable bonds is 19. The Morgan fingerprint density at radius 1 is 0.814 bits per heavy atom. The lowest BCUT2D eigenvalue weighted by Gasteiger charge is -2.24. The number of hydrogen-bond acceptors (Lipinski definition) is 6. The van der Waals surface area contributed by atoms with Gasteiger partial charge in [-0.05, 0) is 103 Å². The normalized spacial score (nSPS) is 13.8. The van der Waals surface area contributed by atoms with E-state index in [2.05, 4.69) is 102 Å². The van der Waals surface area contributed by atoms with Crippen LogP contribution in [0, 0.1) is 5.41 Å². The second-order valence-electron chi connectivity index (χ2n) is 16.0. The van der Waals surface area contributed by atoms with Crippen molar-refractivity contribution in [3.8, 4) is 0 Å². The number of benzene rings is 5. The minimum Gasteiger partial charge on any atom is -0.481 e. The number of halogens is 1. The summed E-state index contributed by atoms with van der Waals surface area (Å²) in [5.41, 5.74) is 7.82. The topological polar surface area (TPSA) is 94.5 Å². The fourth-order valence-corrected chi connectivity index (χ4v) is 8.93. The largest absolute Gasteiger partial charge is 0.481 e. The Balaban J connectivity index is 0.000000271. The second-order valence-corrected chi connectivity index (χ2v) is 17.7. The molecule has 1 heterocycles. The van der Waals surface area contributed by atoms with Crippen molar-refractivity contribution in [1.29, 1.82) is 0 Å². The van der Waals surface area contributed by atoms with Crippen LogP contribution in [0.5, 0.6) is 0 Å². The van der Waals surface area contributed by atoms with Gasteiger partial charge >= 0.3 is 5.97 Å². The van der Waals surface area contributed by atoms with Crippen LogP contribution in [0.15, 0.2) is 140 Å². The third kappa shape index (κ3) is 14.2. The average molecular weight is 827 g/mol. The van der Waals surface area contributed by atoms with Gasteiger partial charge in [-0.3, -0.25) is 4.79 Å². The molecule has 0 bridgehead atoms. The van der Waals surface area contributed by atoms with Gasteiger partial charge in [-0.2, -0.15) is 11.8 Å². The maximum atomic E-state index is 11.5. The van der Waals surface area contributed by atoms with Crippen LogP contribution in [0.2, 0.25) is 5.02 Å². The van der Waals surface area contributed by atoms with Gasteiger partial charge in [-0.15, -0.1) is 0 Å². The molecule has 0 radical (unpaired) electrons. The number of aryl methyl sites for hydroxylation is 1. The first-order chi connectivity index (χ1) is 28.5. The standard InChI is InChI=1S/C35H36ClNO3S.C16H20N2/c1-34(2,40)30-9-4-3-7-25(30)13-17-32(41-23-35(18-19-35)22-33(38)39)27-8-5-6-24(20-27)10-15-29-16-12-26-11-14-28(36)21-31(26)37-29;1-3-7-15(8-4-1)13-17-11-12-18-14-16-9-5-2-6-10-16/h3-12,14-16,20-21,32,40H,13,17-19,22-23H2,1-2H3,(H,38,39);1-10,17-18H,11-14H2/t32-;/m1./s1. The lowest BCUT2D eigenvalue weighted by atomic mass is 9.90. The SMILES string of the molecule is CC(C)(O)c1ccccc1CC[C@@H](SCC1(CC(=O)O)CC1)c1cccc(C=Cc2ccc3ccc(Cl)cc3n2)c1.c1ccc(CNCCNCc2ccccc2)cc1. The molecule has 6 aromatic rings. The minimum absolute atomic E-state index is 0.0814. The number of pyridine rings is 1. The Morgan fingerprint density at radius 3 is 2.10 bits per heavy atom. The van der Waals surface area contributed by atoms with Crippen molar-refractivity contribution in [2.45, 2.75) is 69.9 Å². The van der Waals surface area contributed by atoms with Crippen LogP contribution in [0.25, 0.3) is 23.1 Å². The molecule has 6 nitrogen and oxygen atoms in total. The van der Waals surface area contributed by atoms with E-state index >= 15 is 0 Å². The molecule has 5 aromatic carbocycles. The number of hydrogen-bond donors (Lipinski definition) is 4. The molecule has 0 aliphatic heterocycles. The molecule has 1 aromatic heterocycles. The zero-order valence-corrected chi connectivity index (χ0v) is 35.7. The van der Waals surface area contributed by atoms with E-state index in [0.717, 1.165) is 90.9 Å². The van der Waals surface area contributed by atoms with E-state index in [0.29, 0.717) is 5.02 Å². The van der Waals surface area contributed by atoms with Gasteiger partial charge in [-0.1, -0.05) is 139 Å². The number of carbonyl (C=O) groups is 1. The highest BCUT2D eigenvalue weighted by Gasteiger charge is 2.44. The van der Waals surface area contributed by atoms with Crippen molar-refractivity contribution in [3.05, 3.63) is 184 Å². The first-order valence-corrected chi connectivity index (χ1v) is 22.0. The summed E-state index contributed by atoms with van der Waals surface area (Å²) in [6.45, 7) is 7.51. The van der Waals surface area contributed by atoms with Gasteiger partial charge in [0.15, 0.2) is 0 Å². The molecule has 1 aliphatic carbocycles. The van der Waals surface area contributed by atoms with Crippen molar-refractivity contribution < 1.29 is 15.0 Å². The molecule has 59 heavy (non-hydrogen) atoms. The molecular formula is C51H56ClN3O3S. The number of carboxylic acids is 1. The highest BCUT2D eigenvalue weighted by atomic mass is 35.5. The number of carboxylic acid groups (broad SMARTS) is 1. The van der Waals surface area contributed by atoms with Crippen molar-refractivity contribution >= 4 is 52.4 Å². The molecule has 8 heteroatoms. The lowest BCUT2D eigenvalue weighted by Crippen LogP contribution is -2.26. The van der Waals surface area contributed by atoms with Crippen LogP contribution in [-0.4, -0.2) is 40.0 Å². The number of aromatic nitrogens is 1. The molecule has 0 amide bonds. The molecule has 0 unspecified atom stereocenters. The van der Waals surface area contributed by atoms with E-state index in [4.69, 9.17) is 16.6 Å². The fraction of sp³-hybridized carbons (Fsp3) is 0.294. The maximum absolute atomic E-state index is 11.5. The molecule has 1 fully saturated rings. The third-order valence-corrected chi connectivity index (χ3v) is 12.6. The van der Waals surface area contributed by atoms with Gasteiger partial charge in [0.05, 0.1) is 23.2 Å². The van der Waals surface area contributed by atoms with Crippen molar-refractivity contribution in [2.75, 3.05) is 18.8 Å². The lowest BCUT2D eigenvalue weighted by molar-refractivity contribution is -0.138. The number of fused-ring (bicyclic) bond motifs is 1. The van der Waals surface area contributed by atoms with Gasteiger partial charge in [0.2, 0.25) is 0 Å². The Labute approximate surface area is 359 Å². The van der Waals surface area contributed by atoms with Crippen LogP contribution in [0.3, 0.4) is 0 Å². The zero-order valence-electron chi connectivity index (χ0n) is 34.1. The van der Waals surface area contributed by atoms with E-state index in [-0.39, 0.29) is 17.1 Å². The second kappa shape index (κ2) is 21.5. The Hall–Kier alpha value is -4.76. The predicted molar refractivity (Wildman–Crippen MR) is 248 cm³/mol. The summed E-state index contributed by atoms with van der Waals surface area (Å²) in [5, 5.41) is 28.9. The van der Waals surface area contributed by atoms with Gasteiger partial charge in [0, 0.05) is 47.6 Å². The summed E-state index contributed by atoms with van der Waals surface area (Å²) in [6.07, 6.45) is 8.02. The summed E-state index contributed by atoms with van der Waals surface area (Å²) >= 11 is 8.04. The van der Waals surface area contributed by atoms with E-state index < -0.39 is 11.6 Å². The molecule has 7 rings (SSSR count). The molecule has 306 valence electrons. The number of thioether (sulfide) groups is 1. The van der Waals surface area contributed by atoms with Gasteiger partial charge in [-0.25, -0.2) is 4.98 Å². The van der Waals surface area contributed by atoms with Crippen molar-refractivity contribution in [1.82, 2.24) is 15.6 Å². The van der Waals surface area contributed by atoms with E-state index in [1.165, 1.54) is 16.7 Å². The molecule has 0 saturated heterocycles. The Kier molecular flexibility index (Phi) is 16.0. The number of aliphatic hydroxyl groups is 1. The maximum Gasteiger partial charge on any atom is 0.303 e. The van der Waals surface area contributed by atoms with Crippen LogP contribution in [-0.2, 0) is 29.9 Å². The summed E-state index contributed by atoms with van der Waals surface area (Å²) in [5.74, 6) is 0.122. The minimum atomic E-state index is -0.911. The molecule has 4 N–H and O–H groups in total. The van der Waals surface area contributed by atoms with E-state index in [1.54, 1.807) is 0 Å². The molecule has 1 aliphatic rings. The number of nitrogens with zero attached hydrogens (tertiary/aromatic N) is 1. The van der Waals surface area contributed by atoms with Crippen LogP contribution in [0.4, 0.5) is 0 Å². The van der Waals surface area contributed by atoms with Crippen molar-refractivity contribution in [3.63, 3.8) is 0 Å². The average Bonchev–Trinajstić information content (AvgIpc) is 4.00. The first-order valence-electron chi connectivity index (χ1n) is 20.5. The van der Waals surface area contributed by atoms with Crippen LogP contribution >= 0.6 is 23.4 Å². The summed E-state index contributed by atoms with van der Waals surface area (Å²) in [4.78, 5) is 16.2. The molecule has 1 saturated carbocycles. The Bertz CT molecular complexity index is 2230. The third-order valence-electron chi connectivity index (χ3n) is 10.7. The van der Waals surface area contributed by atoms with E-state index in [1.807, 2.05) is 86.3 Å². The summed E-state index contributed by atoms with van der Waals surface area (Å²) in [6, 6.07) is 47.4. The van der Waals surface area contributed by atoms with Crippen molar-refractivity contribution in [2.24, 2.45) is 5.41 Å². The van der Waals surface area contributed by atoms with Gasteiger partial charge in [0.25, 0.3) is 0 Å². The first kappa shape index (κ1) is 43.8. The highest BCUT2D eigenvalue weighted by molar-refractivity contribution is 7.99. The highest BCUT2D eigenvalue weighted by Crippen LogP contribution is 2.53. The quantitative estimate of drug-likeness (QED) is 0.0604. The summed E-state index contributed by atoms with van der Waals surface area (Å²) in [7, 11) is 0. The van der Waals surface area contributed by atoms with E-state index in [9.17, 15) is 15.0 Å². The number of aliphatic carboxylic acids is 1. The van der Waals surface area contributed by atoms with Crippen LogP contribution in [0.1, 0.15) is 83.9 Å².